The summed E-state index contributed by atoms with van der Waals surface area (Å²) >= 11 is -0.828. The minimum atomic E-state index is -0.828. The summed E-state index contributed by atoms with van der Waals surface area (Å²) in [6, 6.07) is 4.08. The van der Waals surface area contributed by atoms with E-state index in [1.165, 1.54) is 16.7 Å². The van der Waals surface area contributed by atoms with E-state index in [1.54, 1.807) is 6.07 Å². The van der Waals surface area contributed by atoms with Crippen molar-refractivity contribution in [3.8, 4) is 11.5 Å². The van der Waals surface area contributed by atoms with E-state index in [2.05, 4.69) is 20.8 Å². The van der Waals surface area contributed by atoms with Crippen LogP contribution in [0.1, 0.15) is 17.2 Å². The van der Waals surface area contributed by atoms with Crippen LogP contribution in [0.15, 0.2) is 32.1 Å². The number of fused-ring (bicyclic) bond motifs is 1. The van der Waals surface area contributed by atoms with Gasteiger partial charge < -0.3 is 9.87 Å². The van der Waals surface area contributed by atoms with Gasteiger partial charge in [-0.25, -0.2) is 18.4 Å². The number of aromatic nitrogens is 4. The molecule has 0 saturated carbocycles. The lowest BCUT2D eigenvalue weighted by Crippen LogP contribution is -2.46. The summed E-state index contributed by atoms with van der Waals surface area (Å²) in [5, 5.41) is 14.5. The molecular weight excluding hydrogens is 365 g/mol. The lowest BCUT2D eigenvalue weighted by Gasteiger charge is -2.30. The number of benzene rings is 1. The number of rotatable bonds is 4. The first-order valence-corrected chi connectivity index (χ1v) is 9.40. The van der Waals surface area contributed by atoms with Crippen LogP contribution in [-0.2, 0) is 17.6 Å². The molecule has 0 spiro atoms. The van der Waals surface area contributed by atoms with E-state index >= 15 is 0 Å². The van der Waals surface area contributed by atoms with Gasteiger partial charge in [-0.2, -0.15) is 0 Å². The van der Waals surface area contributed by atoms with E-state index in [0.29, 0.717) is 29.3 Å². The Labute approximate surface area is 148 Å². The summed E-state index contributed by atoms with van der Waals surface area (Å²) in [6.07, 6.45) is 0.555. The van der Waals surface area contributed by atoms with Crippen LogP contribution in [0.5, 0.6) is 0 Å². The Hall–Kier alpha value is -2.66. The summed E-state index contributed by atoms with van der Waals surface area (Å²) in [4.78, 5) is 12.2. The van der Waals surface area contributed by atoms with Crippen molar-refractivity contribution in [2.24, 2.45) is 0 Å². The number of nitrogens with zero attached hydrogens (tertiary/aromatic N) is 4. The Morgan fingerprint density at radius 2 is 2.15 bits per heavy atom. The van der Waals surface area contributed by atoms with E-state index < -0.39 is 23.0 Å². The molecule has 1 aliphatic carbocycles. The standard InChI is InChI=1S/C15H12FN5O4S/c16-8-2-1-7-3-11(10(7)4-8)21-14(20-24-15(21)22)12-13(19-25-18-12)17-9-5-26(23)6-9/h1-2,4,9,11H,3,5-6H2,(H,17,19)/t9?,11-,26?/m0/s1. The van der Waals surface area contributed by atoms with Crippen LogP contribution in [0.3, 0.4) is 0 Å². The van der Waals surface area contributed by atoms with Crippen molar-refractivity contribution < 1.29 is 18.1 Å². The molecule has 1 aliphatic heterocycles. The molecule has 5 rings (SSSR count). The molecule has 11 heteroatoms. The monoisotopic (exact) mass is 377 g/mol. The Balaban J connectivity index is 1.51. The van der Waals surface area contributed by atoms with E-state index in [4.69, 9.17) is 9.15 Å². The van der Waals surface area contributed by atoms with Gasteiger partial charge in [0.15, 0.2) is 5.69 Å². The Bertz CT molecular complexity index is 1040. The second kappa shape index (κ2) is 5.68. The highest BCUT2D eigenvalue weighted by Crippen LogP contribution is 2.38. The summed E-state index contributed by atoms with van der Waals surface area (Å²) in [5.74, 6) is 0.425. The zero-order valence-electron chi connectivity index (χ0n) is 13.2. The molecule has 1 saturated heterocycles. The molecule has 134 valence electrons. The number of nitrogens with one attached hydrogen (secondary N) is 1. The van der Waals surface area contributed by atoms with Gasteiger partial charge in [0.1, 0.15) is 23.4 Å². The van der Waals surface area contributed by atoms with Crippen LogP contribution in [0.4, 0.5) is 10.2 Å². The molecule has 9 nitrogen and oxygen atoms in total. The van der Waals surface area contributed by atoms with Crippen molar-refractivity contribution in [3.05, 3.63) is 45.7 Å². The number of halogens is 1. The molecule has 0 amide bonds. The molecule has 2 aromatic heterocycles. The lowest BCUT2D eigenvalue weighted by molar-refractivity contribution is 0.309. The van der Waals surface area contributed by atoms with Gasteiger partial charge >= 0.3 is 5.76 Å². The predicted molar refractivity (Wildman–Crippen MR) is 87.6 cm³/mol. The van der Waals surface area contributed by atoms with Crippen LogP contribution < -0.4 is 11.1 Å². The van der Waals surface area contributed by atoms with Crippen molar-refractivity contribution in [1.29, 1.82) is 0 Å². The molecule has 26 heavy (non-hydrogen) atoms. The highest BCUT2D eigenvalue weighted by Gasteiger charge is 2.36. The molecular formula is C15H12FN5O4S. The maximum Gasteiger partial charge on any atom is 0.442 e. The SMILES string of the molecule is O=c1onc(-c2nonc2NC2C[S+]([O-])C2)n1[C@H]1Cc2ccc(F)cc21. The summed E-state index contributed by atoms with van der Waals surface area (Å²) in [7, 11) is 0. The minimum Gasteiger partial charge on any atom is -0.616 e. The molecule has 0 unspecified atom stereocenters. The van der Waals surface area contributed by atoms with Crippen molar-refractivity contribution >= 4 is 17.0 Å². The van der Waals surface area contributed by atoms with Crippen LogP contribution in [0.25, 0.3) is 11.5 Å². The zero-order chi connectivity index (χ0) is 17.8. The first-order chi connectivity index (χ1) is 12.6. The van der Waals surface area contributed by atoms with Crippen molar-refractivity contribution in [1.82, 2.24) is 20.0 Å². The molecule has 0 bridgehead atoms. The quantitative estimate of drug-likeness (QED) is 0.660. The van der Waals surface area contributed by atoms with Gasteiger partial charge in [-0.15, -0.1) is 0 Å². The molecule has 1 aromatic carbocycles. The van der Waals surface area contributed by atoms with Crippen LogP contribution in [-0.4, -0.2) is 42.1 Å². The number of anilines is 1. The average molecular weight is 377 g/mol. The summed E-state index contributed by atoms with van der Waals surface area (Å²) in [6.45, 7) is 0. The predicted octanol–water partition coefficient (Wildman–Crippen LogP) is 0.714. The van der Waals surface area contributed by atoms with Crippen LogP contribution >= 0.6 is 0 Å². The van der Waals surface area contributed by atoms with Crippen LogP contribution in [0.2, 0.25) is 0 Å². The van der Waals surface area contributed by atoms with Gasteiger partial charge in [0, 0.05) is 0 Å². The molecule has 1 atom stereocenters. The lowest BCUT2D eigenvalue weighted by atomic mass is 9.83. The maximum atomic E-state index is 13.6. The molecule has 2 aliphatic rings. The second-order valence-corrected chi connectivity index (χ2v) is 7.83. The van der Waals surface area contributed by atoms with Crippen molar-refractivity contribution in [2.45, 2.75) is 18.5 Å². The van der Waals surface area contributed by atoms with E-state index in [0.717, 1.165) is 5.56 Å². The highest BCUT2D eigenvalue weighted by atomic mass is 32.2. The fourth-order valence-corrected chi connectivity index (χ4v) is 4.24. The zero-order valence-corrected chi connectivity index (χ0v) is 14.0. The number of hydrogen-bond donors (Lipinski definition) is 1. The third kappa shape index (κ3) is 2.35. The third-order valence-corrected chi connectivity index (χ3v) is 6.19. The third-order valence-electron chi connectivity index (χ3n) is 4.64. The van der Waals surface area contributed by atoms with Gasteiger partial charge in [-0.05, 0) is 51.2 Å². The topological polar surface area (TPSA) is 122 Å². The van der Waals surface area contributed by atoms with Crippen molar-refractivity contribution in [3.63, 3.8) is 0 Å². The normalized spacial score (nSPS) is 23.8. The molecule has 3 aromatic rings. The first-order valence-electron chi connectivity index (χ1n) is 7.91. The smallest absolute Gasteiger partial charge is 0.442 e. The maximum absolute atomic E-state index is 13.6. The van der Waals surface area contributed by atoms with Gasteiger partial charge in [-0.3, -0.25) is 4.52 Å². The fraction of sp³-hybridized carbons (Fsp3) is 0.333. The average Bonchev–Trinajstić information content (AvgIpc) is 3.16. The Morgan fingerprint density at radius 1 is 1.31 bits per heavy atom. The van der Waals surface area contributed by atoms with E-state index in [9.17, 15) is 13.7 Å². The van der Waals surface area contributed by atoms with Crippen molar-refractivity contribution in [2.75, 3.05) is 16.8 Å². The van der Waals surface area contributed by atoms with Gasteiger partial charge in [-0.1, -0.05) is 11.2 Å². The number of hydrogen-bond acceptors (Lipinski definition) is 8. The van der Waals surface area contributed by atoms with Gasteiger partial charge in [0.2, 0.25) is 11.6 Å². The fourth-order valence-electron chi connectivity index (χ4n) is 3.27. The molecule has 1 fully saturated rings. The van der Waals surface area contributed by atoms with Gasteiger partial charge in [0.05, 0.1) is 6.04 Å². The van der Waals surface area contributed by atoms with E-state index in [1.807, 2.05) is 0 Å². The summed E-state index contributed by atoms with van der Waals surface area (Å²) in [5.41, 5.74) is 1.89. The molecule has 1 N–H and O–H groups in total. The largest absolute Gasteiger partial charge is 0.616 e. The molecule has 3 heterocycles. The Kier molecular flexibility index (Phi) is 3.40. The minimum absolute atomic E-state index is 0.00733. The molecule has 0 radical (unpaired) electrons. The first kappa shape index (κ1) is 15.6. The Morgan fingerprint density at radius 3 is 2.96 bits per heavy atom. The second-order valence-electron chi connectivity index (χ2n) is 6.28. The van der Waals surface area contributed by atoms with Crippen LogP contribution in [0, 0.1) is 5.82 Å². The van der Waals surface area contributed by atoms with E-state index in [-0.39, 0.29) is 23.4 Å². The van der Waals surface area contributed by atoms with Gasteiger partial charge in [0.25, 0.3) is 0 Å². The summed E-state index contributed by atoms with van der Waals surface area (Å²) < 4.78 is 35.7. The highest BCUT2D eigenvalue weighted by molar-refractivity contribution is 7.92.